The molecule has 31 heavy (non-hydrogen) atoms. The molecule has 3 aromatic rings. The van der Waals surface area contributed by atoms with Crippen LogP contribution in [0.4, 0.5) is 0 Å². The molecule has 2 N–H and O–H groups in total. The van der Waals surface area contributed by atoms with E-state index in [1.807, 2.05) is 60.3 Å². The van der Waals surface area contributed by atoms with Crippen molar-refractivity contribution >= 4 is 0 Å². The number of aryl methyl sites for hydroxylation is 1. The lowest BCUT2D eigenvalue weighted by molar-refractivity contribution is 0.475. The van der Waals surface area contributed by atoms with Crippen LogP contribution in [0.1, 0.15) is 22.8 Å². The second-order valence-electron chi connectivity index (χ2n) is 7.54. The van der Waals surface area contributed by atoms with E-state index in [9.17, 15) is 9.90 Å². The first-order chi connectivity index (χ1) is 15.1. The number of aromatic hydroxyl groups is 1. The van der Waals surface area contributed by atoms with Crippen LogP contribution >= 0.6 is 0 Å². The summed E-state index contributed by atoms with van der Waals surface area (Å²) in [6, 6.07) is 16.9. The smallest absolute Gasteiger partial charge is 0.278 e. The number of aromatic amines is 1. The molecule has 2 aliphatic heterocycles. The molecule has 3 heterocycles. The lowest BCUT2D eigenvalue weighted by atomic mass is 10.1. The van der Waals surface area contributed by atoms with Crippen LogP contribution in [0.3, 0.4) is 0 Å². The van der Waals surface area contributed by atoms with Crippen molar-refractivity contribution in [3.8, 4) is 22.8 Å². The van der Waals surface area contributed by atoms with Crippen LogP contribution in [0.25, 0.3) is 17.1 Å². The molecule has 0 saturated heterocycles. The van der Waals surface area contributed by atoms with E-state index in [-0.39, 0.29) is 11.3 Å². The van der Waals surface area contributed by atoms with Gasteiger partial charge in [0.1, 0.15) is 17.3 Å². The summed E-state index contributed by atoms with van der Waals surface area (Å²) in [7, 11) is 1.90. The van der Waals surface area contributed by atoms with Crippen molar-refractivity contribution < 1.29 is 5.11 Å². The number of imidazole rings is 2. The van der Waals surface area contributed by atoms with Crippen LogP contribution in [0.15, 0.2) is 78.0 Å². The predicted octanol–water partition coefficient (Wildman–Crippen LogP) is 3.29. The Morgan fingerprint density at radius 2 is 1.81 bits per heavy atom. The fourth-order valence-corrected chi connectivity index (χ4v) is 3.72. The van der Waals surface area contributed by atoms with Gasteiger partial charge in [-0.05, 0) is 35.4 Å². The number of rotatable bonds is 5. The fraction of sp³-hybridized carbons (Fsp3) is 0.125. The van der Waals surface area contributed by atoms with Crippen molar-refractivity contribution in [1.82, 2.24) is 24.1 Å². The summed E-state index contributed by atoms with van der Waals surface area (Å²) in [5, 5.41) is 9.63. The van der Waals surface area contributed by atoms with Gasteiger partial charge in [-0.3, -0.25) is 9.36 Å². The molecule has 0 spiro atoms. The molecule has 0 aliphatic carbocycles. The number of fused-ring (bicyclic) bond motifs is 1. The van der Waals surface area contributed by atoms with Crippen LogP contribution in [0.5, 0.6) is 5.75 Å². The van der Waals surface area contributed by atoms with Gasteiger partial charge in [0.15, 0.2) is 5.82 Å². The Hall–Kier alpha value is -4.13. The maximum Gasteiger partial charge on any atom is 0.278 e. The lowest BCUT2D eigenvalue weighted by Crippen LogP contribution is -2.18. The van der Waals surface area contributed by atoms with E-state index in [4.69, 9.17) is 4.98 Å². The average molecular weight is 411 g/mol. The van der Waals surface area contributed by atoms with Crippen molar-refractivity contribution in [3.05, 3.63) is 106 Å². The molecule has 154 valence electrons. The third-order valence-electron chi connectivity index (χ3n) is 5.40. The molecule has 2 aliphatic rings. The first-order valence-corrected chi connectivity index (χ1v) is 10.0. The lowest BCUT2D eigenvalue weighted by Gasteiger charge is -2.13. The average Bonchev–Trinajstić information content (AvgIpc) is 3.33. The van der Waals surface area contributed by atoms with Crippen molar-refractivity contribution in [2.24, 2.45) is 7.05 Å². The van der Waals surface area contributed by atoms with E-state index in [0.29, 0.717) is 24.4 Å². The van der Waals surface area contributed by atoms with Gasteiger partial charge in [-0.2, -0.15) is 0 Å². The Bertz CT molecular complexity index is 1360. The number of hydrogen-bond donors (Lipinski definition) is 2. The van der Waals surface area contributed by atoms with Gasteiger partial charge in [0.2, 0.25) is 0 Å². The van der Waals surface area contributed by atoms with Crippen LogP contribution in [0, 0.1) is 0 Å². The monoisotopic (exact) mass is 411 g/mol. The Morgan fingerprint density at radius 3 is 2.52 bits per heavy atom. The highest BCUT2D eigenvalue weighted by Crippen LogP contribution is 2.25. The molecule has 2 aromatic carbocycles. The number of phenolic OH excluding ortho intramolecular Hbond substituents is 1. The van der Waals surface area contributed by atoms with E-state index in [1.54, 1.807) is 29.1 Å². The van der Waals surface area contributed by atoms with E-state index in [1.165, 1.54) is 0 Å². The molecule has 0 unspecified atom stereocenters. The van der Waals surface area contributed by atoms with Crippen molar-refractivity contribution in [3.63, 3.8) is 0 Å². The zero-order valence-corrected chi connectivity index (χ0v) is 17.0. The van der Waals surface area contributed by atoms with Gasteiger partial charge < -0.3 is 14.7 Å². The molecule has 0 atom stereocenters. The summed E-state index contributed by atoms with van der Waals surface area (Å²) in [5.41, 5.74) is 3.91. The van der Waals surface area contributed by atoms with Gasteiger partial charge in [-0.15, -0.1) is 0 Å². The number of hydrogen-bond acceptors (Lipinski definition) is 4. The van der Waals surface area contributed by atoms with Gasteiger partial charge >= 0.3 is 0 Å². The molecular weight excluding hydrogens is 390 g/mol. The van der Waals surface area contributed by atoms with E-state index in [0.717, 1.165) is 28.3 Å². The Labute approximate surface area is 178 Å². The summed E-state index contributed by atoms with van der Waals surface area (Å²) in [5.74, 6) is 1.59. The van der Waals surface area contributed by atoms with Gasteiger partial charge in [0, 0.05) is 32.1 Å². The SMILES string of the molecule is Cn1ccnc1Cc1nc2c(Cc3ccccc3)[nH]c(-c3ccc(O)cc3)cn-2c1=O. The summed E-state index contributed by atoms with van der Waals surface area (Å²) in [6.45, 7) is 0. The largest absolute Gasteiger partial charge is 0.508 e. The van der Waals surface area contributed by atoms with E-state index >= 15 is 0 Å². The third kappa shape index (κ3) is 3.61. The van der Waals surface area contributed by atoms with Crippen LogP contribution in [-0.2, 0) is 19.9 Å². The summed E-state index contributed by atoms with van der Waals surface area (Å²) in [6.07, 6.45) is 6.31. The molecule has 1 aromatic heterocycles. The number of phenols is 1. The van der Waals surface area contributed by atoms with E-state index in [2.05, 4.69) is 9.97 Å². The number of nitrogens with one attached hydrogen (secondary N) is 1. The molecule has 0 bridgehead atoms. The Balaban J connectivity index is 1.66. The minimum atomic E-state index is -0.152. The first-order valence-electron chi connectivity index (χ1n) is 10.0. The zero-order valence-electron chi connectivity index (χ0n) is 17.0. The highest BCUT2D eigenvalue weighted by Gasteiger charge is 2.21. The number of H-pyrrole nitrogens is 1. The fourth-order valence-electron chi connectivity index (χ4n) is 3.72. The summed E-state index contributed by atoms with van der Waals surface area (Å²) >= 11 is 0. The predicted molar refractivity (Wildman–Crippen MR) is 118 cm³/mol. The maximum absolute atomic E-state index is 13.2. The second-order valence-corrected chi connectivity index (χ2v) is 7.54. The normalized spacial score (nSPS) is 11.3. The standard InChI is InChI=1S/C24H21N5O2/c1-28-12-11-25-22(28)14-20-24(31)29-15-21(17-7-9-18(30)10-8-17)26-19(23(29)27-20)13-16-5-3-2-4-6-16/h2-12,15,26,30H,13-14H2,1H3. The number of aromatic nitrogens is 5. The van der Waals surface area contributed by atoms with Crippen LogP contribution in [-0.4, -0.2) is 29.2 Å². The molecular formula is C24H21N5O2. The summed E-state index contributed by atoms with van der Waals surface area (Å²) < 4.78 is 3.50. The molecule has 0 saturated carbocycles. The molecule has 0 fully saturated rings. The van der Waals surface area contributed by atoms with Crippen molar-refractivity contribution in [2.75, 3.05) is 0 Å². The zero-order chi connectivity index (χ0) is 21.4. The highest BCUT2D eigenvalue weighted by atomic mass is 16.3. The molecule has 7 nitrogen and oxygen atoms in total. The van der Waals surface area contributed by atoms with Gasteiger partial charge in [0.05, 0.1) is 17.8 Å². The third-order valence-corrected chi connectivity index (χ3v) is 5.40. The molecule has 0 amide bonds. The van der Waals surface area contributed by atoms with Crippen molar-refractivity contribution in [1.29, 1.82) is 0 Å². The molecule has 0 radical (unpaired) electrons. The van der Waals surface area contributed by atoms with Crippen molar-refractivity contribution in [2.45, 2.75) is 12.8 Å². The highest BCUT2D eigenvalue weighted by molar-refractivity contribution is 5.61. The number of nitrogens with zero attached hydrogens (tertiary/aromatic N) is 4. The van der Waals surface area contributed by atoms with Crippen LogP contribution in [0.2, 0.25) is 0 Å². The Kier molecular flexibility index (Phi) is 4.63. The van der Waals surface area contributed by atoms with Crippen LogP contribution < -0.4 is 5.56 Å². The first kappa shape index (κ1) is 18.9. The van der Waals surface area contributed by atoms with Gasteiger partial charge in [-0.1, -0.05) is 30.3 Å². The second kappa shape index (κ2) is 7.60. The minimum absolute atomic E-state index is 0.152. The topological polar surface area (TPSA) is 88.7 Å². The van der Waals surface area contributed by atoms with Gasteiger partial charge in [-0.25, -0.2) is 9.97 Å². The van der Waals surface area contributed by atoms with Gasteiger partial charge in [0.25, 0.3) is 5.56 Å². The quantitative estimate of drug-likeness (QED) is 0.465. The molecule has 5 rings (SSSR count). The Morgan fingerprint density at radius 1 is 1.03 bits per heavy atom. The minimum Gasteiger partial charge on any atom is -0.508 e. The van der Waals surface area contributed by atoms with E-state index < -0.39 is 0 Å². The number of benzene rings is 2. The summed E-state index contributed by atoms with van der Waals surface area (Å²) in [4.78, 5) is 25.7. The molecule has 7 heteroatoms. The maximum atomic E-state index is 13.2.